The van der Waals surface area contributed by atoms with Gasteiger partial charge in [-0.3, -0.25) is 0 Å². The smallest absolute Gasteiger partial charge is 0.332 e. The Bertz CT molecular complexity index is 585. The molecule has 0 spiro atoms. The number of carboxylic acid groups (broad SMARTS) is 1. The van der Waals surface area contributed by atoms with Crippen molar-refractivity contribution in [1.29, 1.82) is 0 Å². The van der Waals surface area contributed by atoms with Gasteiger partial charge < -0.3 is 14.3 Å². The highest BCUT2D eigenvalue weighted by atomic mass is 35.5. The quantitative estimate of drug-likeness (QED) is 0.906. The standard InChI is InChI=1S/C12H11ClN2O4/c1-7(12(16)17)18-6-10-14-15-11(19-10)8-4-2-3-5-9(8)13/h2-5,7H,6H2,1H3,(H,16,17)/t7-/m1/s1. The fourth-order valence-corrected chi connectivity index (χ4v) is 1.54. The molecule has 0 fully saturated rings. The maximum atomic E-state index is 10.6. The molecule has 0 aliphatic heterocycles. The topological polar surface area (TPSA) is 85.5 Å². The molecule has 0 aliphatic carbocycles. The molecule has 1 heterocycles. The van der Waals surface area contributed by atoms with Crippen LogP contribution in [0.3, 0.4) is 0 Å². The lowest BCUT2D eigenvalue weighted by atomic mass is 10.2. The predicted molar refractivity (Wildman–Crippen MR) is 66.6 cm³/mol. The molecule has 0 unspecified atom stereocenters. The number of carbonyl (C=O) groups is 1. The van der Waals surface area contributed by atoms with Crippen molar-refractivity contribution >= 4 is 17.6 Å². The number of ether oxygens (including phenoxy) is 1. The van der Waals surface area contributed by atoms with Gasteiger partial charge in [0.25, 0.3) is 0 Å². The summed E-state index contributed by atoms with van der Waals surface area (Å²) in [5, 5.41) is 16.8. The summed E-state index contributed by atoms with van der Waals surface area (Å²) in [6, 6.07) is 7.05. The van der Waals surface area contributed by atoms with Gasteiger partial charge in [-0.25, -0.2) is 4.79 Å². The van der Waals surface area contributed by atoms with Crippen molar-refractivity contribution in [3.05, 3.63) is 35.2 Å². The lowest BCUT2D eigenvalue weighted by Gasteiger charge is -2.04. The number of rotatable bonds is 5. The lowest BCUT2D eigenvalue weighted by molar-refractivity contribution is -0.150. The minimum Gasteiger partial charge on any atom is -0.479 e. The van der Waals surface area contributed by atoms with Gasteiger partial charge in [0.05, 0.1) is 10.6 Å². The van der Waals surface area contributed by atoms with Gasteiger partial charge in [0, 0.05) is 0 Å². The maximum Gasteiger partial charge on any atom is 0.332 e. The first-order chi connectivity index (χ1) is 9.08. The summed E-state index contributed by atoms with van der Waals surface area (Å²) in [6.07, 6.45) is -0.935. The fourth-order valence-electron chi connectivity index (χ4n) is 1.32. The first-order valence-corrected chi connectivity index (χ1v) is 5.87. The fraction of sp³-hybridized carbons (Fsp3) is 0.250. The third-order valence-corrected chi connectivity index (χ3v) is 2.71. The Labute approximate surface area is 114 Å². The van der Waals surface area contributed by atoms with Crippen LogP contribution in [0.2, 0.25) is 5.02 Å². The second kappa shape index (κ2) is 5.81. The molecule has 1 aromatic carbocycles. The van der Waals surface area contributed by atoms with Crippen LogP contribution in [0.4, 0.5) is 0 Å². The molecule has 0 saturated heterocycles. The summed E-state index contributed by atoms with van der Waals surface area (Å²) in [5.41, 5.74) is 0.620. The highest BCUT2D eigenvalue weighted by Crippen LogP contribution is 2.26. The van der Waals surface area contributed by atoms with Crippen LogP contribution < -0.4 is 0 Å². The Morgan fingerprint density at radius 3 is 2.89 bits per heavy atom. The maximum absolute atomic E-state index is 10.6. The third-order valence-electron chi connectivity index (χ3n) is 2.38. The summed E-state index contributed by atoms with van der Waals surface area (Å²) >= 11 is 6.00. The summed E-state index contributed by atoms with van der Waals surface area (Å²) in [7, 11) is 0. The molecule has 100 valence electrons. The molecule has 19 heavy (non-hydrogen) atoms. The highest BCUT2D eigenvalue weighted by Gasteiger charge is 2.15. The van der Waals surface area contributed by atoms with E-state index in [1.807, 2.05) is 0 Å². The van der Waals surface area contributed by atoms with Gasteiger partial charge in [-0.15, -0.1) is 10.2 Å². The molecule has 0 aliphatic rings. The van der Waals surface area contributed by atoms with Crippen LogP contribution in [0.15, 0.2) is 28.7 Å². The number of benzene rings is 1. The lowest BCUT2D eigenvalue weighted by Crippen LogP contribution is -2.19. The molecule has 1 N–H and O–H groups in total. The molecule has 2 rings (SSSR count). The second-order valence-electron chi connectivity index (χ2n) is 3.77. The van der Waals surface area contributed by atoms with E-state index in [-0.39, 0.29) is 18.4 Å². The summed E-state index contributed by atoms with van der Waals surface area (Å²) in [6.45, 7) is 1.36. The molecule has 6 nitrogen and oxygen atoms in total. The first-order valence-electron chi connectivity index (χ1n) is 5.49. The zero-order valence-electron chi connectivity index (χ0n) is 10.0. The van der Waals surface area contributed by atoms with E-state index in [4.69, 9.17) is 25.9 Å². The van der Waals surface area contributed by atoms with E-state index in [9.17, 15) is 4.79 Å². The van der Waals surface area contributed by atoms with Gasteiger partial charge in [0.1, 0.15) is 6.61 Å². The molecule has 1 atom stereocenters. The normalized spacial score (nSPS) is 12.3. The number of hydrogen-bond donors (Lipinski definition) is 1. The van der Waals surface area contributed by atoms with Crippen LogP contribution in [-0.2, 0) is 16.1 Å². The van der Waals surface area contributed by atoms with Crippen LogP contribution in [0.1, 0.15) is 12.8 Å². The van der Waals surface area contributed by atoms with Gasteiger partial charge in [-0.1, -0.05) is 23.7 Å². The summed E-state index contributed by atoms with van der Waals surface area (Å²) < 4.78 is 10.4. The summed E-state index contributed by atoms with van der Waals surface area (Å²) in [5.74, 6) is -0.582. The molecule has 2 aromatic rings. The molecular weight excluding hydrogens is 272 g/mol. The van der Waals surface area contributed by atoms with Crippen molar-refractivity contribution in [3.8, 4) is 11.5 Å². The minimum absolute atomic E-state index is 0.0646. The van der Waals surface area contributed by atoms with Gasteiger partial charge in [0.15, 0.2) is 6.10 Å². The van der Waals surface area contributed by atoms with Crippen molar-refractivity contribution in [2.24, 2.45) is 0 Å². The van der Waals surface area contributed by atoms with Crippen LogP contribution >= 0.6 is 11.6 Å². The van der Waals surface area contributed by atoms with Gasteiger partial charge in [-0.2, -0.15) is 0 Å². The Balaban J connectivity index is 2.08. The van der Waals surface area contributed by atoms with Gasteiger partial charge >= 0.3 is 5.97 Å². The van der Waals surface area contributed by atoms with Crippen LogP contribution in [0.5, 0.6) is 0 Å². The molecular formula is C12H11ClN2O4. The Morgan fingerprint density at radius 1 is 1.47 bits per heavy atom. The van der Waals surface area contributed by atoms with E-state index < -0.39 is 12.1 Å². The number of halogens is 1. The average molecular weight is 283 g/mol. The largest absolute Gasteiger partial charge is 0.479 e. The number of carboxylic acids is 1. The van der Waals surface area contributed by atoms with E-state index >= 15 is 0 Å². The number of hydrogen-bond acceptors (Lipinski definition) is 5. The Morgan fingerprint density at radius 2 is 2.21 bits per heavy atom. The zero-order chi connectivity index (χ0) is 13.8. The van der Waals surface area contributed by atoms with Crippen molar-refractivity contribution in [2.75, 3.05) is 0 Å². The monoisotopic (exact) mass is 282 g/mol. The van der Waals surface area contributed by atoms with Crippen LogP contribution in [-0.4, -0.2) is 27.4 Å². The van der Waals surface area contributed by atoms with Crippen LogP contribution in [0.25, 0.3) is 11.5 Å². The molecule has 0 saturated carbocycles. The van der Waals surface area contributed by atoms with E-state index in [0.29, 0.717) is 10.6 Å². The van der Waals surface area contributed by atoms with Crippen LogP contribution in [0, 0.1) is 0 Å². The molecule has 7 heteroatoms. The van der Waals surface area contributed by atoms with E-state index in [1.165, 1.54) is 6.92 Å². The third kappa shape index (κ3) is 3.30. The highest BCUT2D eigenvalue weighted by molar-refractivity contribution is 6.33. The van der Waals surface area contributed by atoms with Crippen molar-refractivity contribution in [3.63, 3.8) is 0 Å². The van der Waals surface area contributed by atoms with Crippen molar-refractivity contribution in [1.82, 2.24) is 10.2 Å². The molecule has 0 radical (unpaired) electrons. The Kier molecular flexibility index (Phi) is 4.13. The first kappa shape index (κ1) is 13.5. The predicted octanol–water partition coefficient (Wildman–Crippen LogP) is 2.38. The molecule has 1 aromatic heterocycles. The van der Waals surface area contributed by atoms with Gasteiger partial charge in [0.2, 0.25) is 11.8 Å². The molecule has 0 bridgehead atoms. The number of aliphatic carboxylic acids is 1. The number of nitrogens with zero attached hydrogens (tertiary/aromatic N) is 2. The average Bonchev–Trinajstić information content (AvgIpc) is 2.85. The number of aromatic nitrogens is 2. The SMILES string of the molecule is C[C@@H](OCc1nnc(-c2ccccc2Cl)o1)C(=O)O. The molecule has 0 amide bonds. The van der Waals surface area contributed by atoms with Gasteiger partial charge in [-0.05, 0) is 19.1 Å². The van der Waals surface area contributed by atoms with E-state index in [1.54, 1.807) is 24.3 Å². The second-order valence-corrected chi connectivity index (χ2v) is 4.18. The minimum atomic E-state index is -1.05. The van der Waals surface area contributed by atoms with E-state index in [2.05, 4.69) is 10.2 Å². The van der Waals surface area contributed by atoms with Crippen molar-refractivity contribution < 1.29 is 19.1 Å². The van der Waals surface area contributed by atoms with E-state index in [0.717, 1.165) is 0 Å². The Hall–Kier alpha value is -1.92. The summed E-state index contributed by atoms with van der Waals surface area (Å²) in [4.78, 5) is 10.6. The zero-order valence-corrected chi connectivity index (χ0v) is 10.8. The van der Waals surface area contributed by atoms with Crippen molar-refractivity contribution in [2.45, 2.75) is 19.6 Å².